The summed E-state index contributed by atoms with van der Waals surface area (Å²) in [6.45, 7) is 1.76. The molecule has 1 aromatic carbocycles. The molecule has 3 rings (SSSR count). The first kappa shape index (κ1) is 21.7. The van der Waals surface area contributed by atoms with Gasteiger partial charge in [-0.2, -0.15) is 0 Å². The van der Waals surface area contributed by atoms with Gasteiger partial charge in [-0.3, -0.25) is 9.59 Å². The van der Waals surface area contributed by atoms with E-state index in [0.717, 1.165) is 17.8 Å². The summed E-state index contributed by atoms with van der Waals surface area (Å²) in [4.78, 5) is 30.3. The normalized spacial score (nSPS) is 9.59. The summed E-state index contributed by atoms with van der Waals surface area (Å²) < 4.78 is 0. The summed E-state index contributed by atoms with van der Waals surface area (Å²) in [7, 11) is 3.59. The largest absolute Gasteiger partial charge is 0.357 e. The number of fused-ring (bicyclic) bond motifs is 1. The third kappa shape index (κ3) is 7.13. The Kier molecular flexibility index (Phi) is 8.93. The van der Waals surface area contributed by atoms with Crippen molar-refractivity contribution in [3.05, 3.63) is 66.0 Å². The molecule has 0 radical (unpaired) electrons. The number of H-pyrrole nitrogens is 1. The summed E-state index contributed by atoms with van der Waals surface area (Å²) in [5, 5.41) is 6.81. The van der Waals surface area contributed by atoms with Crippen molar-refractivity contribution in [3.63, 3.8) is 0 Å². The first-order chi connectivity index (χ1) is 14.2. The fourth-order valence-corrected chi connectivity index (χ4v) is 2.50. The number of nitrogens with zero attached hydrogens (tertiary/aromatic N) is 2. The minimum Gasteiger partial charge on any atom is -0.357 e. The Bertz CT molecular complexity index is 973. The highest BCUT2D eigenvalue weighted by Gasteiger charge is 2.03. The molecular formula is C22H25N5O2. The van der Waals surface area contributed by atoms with Crippen molar-refractivity contribution in [2.75, 3.05) is 27.2 Å². The predicted molar refractivity (Wildman–Crippen MR) is 114 cm³/mol. The van der Waals surface area contributed by atoms with E-state index in [2.05, 4.69) is 38.5 Å². The van der Waals surface area contributed by atoms with Crippen LogP contribution in [0.3, 0.4) is 0 Å². The molecule has 150 valence electrons. The highest BCUT2D eigenvalue weighted by Crippen LogP contribution is 2.14. The van der Waals surface area contributed by atoms with Crippen LogP contribution in [-0.2, 0) is 16.1 Å². The molecule has 0 unspecified atom stereocenters. The van der Waals surface area contributed by atoms with Crippen LogP contribution in [-0.4, -0.2) is 54.4 Å². The van der Waals surface area contributed by atoms with Crippen molar-refractivity contribution in [1.82, 2.24) is 25.5 Å². The van der Waals surface area contributed by atoms with E-state index in [-0.39, 0.29) is 5.91 Å². The van der Waals surface area contributed by atoms with Crippen LogP contribution in [0, 0.1) is 11.8 Å². The molecule has 0 aliphatic carbocycles. The Hall–Kier alpha value is -3.63. The number of aromatic amines is 1. The Morgan fingerprint density at radius 3 is 2.76 bits per heavy atom. The molecule has 7 heteroatoms. The maximum absolute atomic E-state index is 11.5. The van der Waals surface area contributed by atoms with Gasteiger partial charge in [-0.1, -0.05) is 24.1 Å². The van der Waals surface area contributed by atoms with E-state index in [1.165, 1.54) is 15.8 Å². The zero-order valence-corrected chi connectivity index (χ0v) is 16.6. The average Bonchev–Trinajstić information content (AvgIpc) is 3.23. The van der Waals surface area contributed by atoms with E-state index in [1.54, 1.807) is 7.05 Å². The fourth-order valence-electron chi connectivity index (χ4n) is 2.50. The van der Waals surface area contributed by atoms with E-state index in [4.69, 9.17) is 0 Å². The number of aromatic nitrogens is 2. The smallest absolute Gasteiger partial charge is 0.298 e. The number of carbonyl (C=O) groups is 2. The number of nitrogens with one attached hydrogen (secondary N) is 3. The lowest BCUT2D eigenvalue weighted by atomic mass is 10.2. The highest BCUT2D eigenvalue weighted by molar-refractivity contribution is 5.93. The average molecular weight is 391 g/mol. The van der Waals surface area contributed by atoms with Gasteiger partial charge in [0.1, 0.15) is 5.65 Å². The summed E-state index contributed by atoms with van der Waals surface area (Å²) in [5.74, 6) is 5.07. The summed E-state index contributed by atoms with van der Waals surface area (Å²) in [6, 6.07) is 13.4. The second-order valence-corrected chi connectivity index (χ2v) is 6.16. The number of carbonyl (C=O) groups excluding carboxylic acids is 2. The molecule has 0 aliphatic rings. The van der Waals surface area contributed by atoms with Crippen LogP contribution in [0.15, 0.2) is 54.9 Å². The van der Waals surface area contributed by atoms with Gasteiger partial charge in [0.2, 0.25) is 6.41 Å². The van der Waals surface area contributed by atoms with E-state index >= 15 is 0 Å². The molecule has 0 aliphatic heterocycles. The van der Waals surface area contributed by atoms with E-state index in [1.807, 2.05) is 55.8 Å². The number of hydrogen-bond donors (Lipinski definition) is 3. The topological polar surface area (TPSA) is 90.1 Å². The molecule has 7 nitrogen and oxygen atoms in total. The van der Waals surface area contributed by atoms with Gasteiger partial charge >= 0.3 is 0 Å². The molecule has 0 bridgehead atoms. The van der Waals surface area contributed by atoms with Crippen LogP contribution in [0.2, 0.25) is 0 Å². The molecule has 3 N–H and O–H groups in total. The zero-order chi connectivity index (χ0) is 20.9. The molecule has 0 saturated carbocycles. The number of amides is 2. The van der Waals surface area contributed by atoms with E-state index in [9.17, 15) is 9.59 Å². The lowest BCUT2D eigenvalue weighted by Gasteiger charge is -2.12. The van der Waals surface area contributed by atoms with Gasteiger partial charge in [0.05, 0.1) is 0 Å². The molecule has 2 amide bonds. The van der Waals surface area contributed by atoms with E-state index in [0.29, 0.717) is 19.5 Å². The number of hydrogen-bond acceptors (Lipinski definition) is 4. The van der Waals surface area contributed by atoms with Crippen LogP contribution >= 0.6 is 0 Å². The summed E-state index contributed by atoms with van der Waals surface area (Å²) in [5.41, 5.74) is 3.05. The highest BCUT2D eigenvalue weighted by atomic mass is 16.2. The van der Waals surface area contributed by atoms with Gasteiger partial charge in [0.15, 0.2) is 0 Å². The van der Waals surface area contributed by atoms with Crippen LogP contribution in [0.25, 0.3) is 11.0 Å². The van der Waals surface area contributed by atoms with Gasteiger partial charge < -0.3 is 20.5 Å². The molecular weight excluding hydrogens is 366 g/mol. The first-order valence-corrected chi connectivity index (χ1v) is 9.20. The monoisotopic (exact) mass is 391 g/mol. The zero-order valence-electron chi connectivity index (χ0n) is 16.6. The lowest BCUT2D eigenvalue weighted by Crippen LogP contribution is -2.32. The maximum atomic E-state index is 11.5. The molecule has 0 spiro atoms. The van der Waals surface area contributed by atoms with Crippen molar-refractivity contribution in [2.45, 2.75) is 6.54 Å². The van der Waals surface area contributed by atoms with Crippen molar-refractivity contribution in [2.24, 2.45) is 0 Å². The molecule has 2 aromatic heterocycles. The second kappa shape index (κ2) is 12.0. The van der Waals surface area contributed by atoms with Crippen molar-refractivity contribution in [3.8, 4) is 11.8 Å². The molecule has 2 heterocycles. The van der Waals surface area contributed by atoms with Crippen molar-refractivity contribution < 1.29 is 9.59 Å². The fraction of sp³-hybridized carbons (Fsp3) is 0.227. The van der Waals surface area contributed by atoms with Gasteiger partial charge in [-0.15, -0.1) is 0 Å². The molecule has 0 fully saturated rings. The quantitative estimate of drug-likeness (QED) is 0.338. The Labute approximate surface area is 170 Å². The predicted octanol–water partition coefficient (Wildman–Crippen LogP) is 1.52. The Morgan fingerprint density at radius 1 is 1.24 bits per heavy atom. The number of rotatable bonds is 6. The van der Waals surface area contributed by atoms with Gasteiger partial charge in [-0.25, -0.2) is 4.98 Å². The lowest BCUT2D eigenvalue weighted by molar-refractivity contribution is -0.124. The molecule has 29 heavy (non-hydrogen) atoms. The van der Waals surface area contributed by atoms with Crippen molar-refractivity contribution >= 4 is 23.4 Å². The molecule has 0 atom stereocenters. The SMILES string of the molecule is CN(CCNC=O)C(=O)C#Cc1ccccc1.CNCc1ccnc2[nH]ccc12. The van der Waals surface area contributed by atoms with Gasteiger partial charge in [0.25, 0.3) is 5.91 Å². The minimum atomic E-state index is -0.262. The summed E-state index contributed by atoms with van der Waals surface area (Å²) in [6.07, 6.45) is 4.34. The number of benzene rings is 1. The van der Waals surface area contributed by atoms with E-state index < -0.39 is 0 Å². The maximum Gasteiger partial charge on any atom is 0.298 e. The third-order valence-electron chi connectivity index (χ3n) is 4.03. The standard InChI is InChI=1S/C13H14N2O2.C9H11N3/c1-15(10-9-14-11-16)13(17)8-7-12-5-3-2-4-6-12;1-10-6-7-2-4-11-9-8(7)3-5-12-9/h2-6,11H,9-10H2,1H3,(H,14,16);2-5,10H,6H2,1H3,(H,11,12). The molecule has 0 saturated heterocycles. The van der Waals surface area contributed by atoms with Crippen LogP contribution in [0.5, 0.6) is 0 Å². The number of likely N-dealkylation sites (N-methyl/N-ethyl adjacent to an activating group) is 1. The first-order valence-electron chi connectivity index (χ1n) is 9.20. The van der Waals surface area contributed by atoms with Gasteiger partial charge in [-0.05, 0) is 36.9 Å². The van der Waals surface area contributed by atoms with Crippen molar-refractivity contribution in [1.29, 1.82) is 0 Å². The van der Waals surface area contributed by atoms with Crippen LogP contribution in [0.1, 0.15) is 11.1 Å². The third-order valence-corrected chi connectivity index (χ3v) is 4.03. The van der Waals surface area contributed by atoms with Crippen LogP contribution in [0.4, 0.5) is 0 Å². The Morgan fingerprint density at radius 2 is 2.03 bits per heavy atom. The van der Waals surface area contributed by atoms with Gasteiger partial charge in [0, 0.05) is 55.9 Å². The second-order valence-electron chi connectivity index (χ2n) is 6.16. The summed E-state index contributed by atoms with van der Waals surface area (Å²) >= 11 is 0. The van der Waals surface area contributed by atoms with Crippen LogP contribution < -0.4 is 10.6 Å². The Balaban J connectivity index is 0.000000218. The minimum absolute atomic E-state index is 0.262. The number of pyridine rings is 1. The molecule has 3 aromatic rings.